The molecule has 1 spiro atoms. The number of nitrogens with two attached hydrogens (primary N) is 1. The quantitative estimate of drug-likeness (QED) is 0.848. The van der Waals surface area contributed by atoms with Gasteiger partial charge in [-0.1, -0.05) is 6.07 Å². The van der Waals surface area contributed by atoms with Gasteiger partial charge in [0.25, 0.3) is 0 Å². The van der Waals surface area contributed by atoms with E-state index in [1.54, 1.807) is 7.11 Å². The van der Waals surface area contributed by atoms with E-state index < -0.39 is 15.4 Å². The average molecular weight is 297 g/mol. The SMILES string of the molecule is COc1ccc2c(c1)OC1(CCS(=O)(=O)CC1)CC2N. The Hall–Kier alpha value is -1.27. The van der Waals surface area contributed by atoms with Crippen LogP contribution < -0.4 is 15.2 Å². The first-order chi connectivity index (χ1) is 9.43. The van der Waals surface area contributed by atoms with E-state index in [0.717, 1.165) is 17.1 Å². The molecule has 1 fully saturated rings. The molecule has 0 aliphatic carbocycles. The summed E-state index contributed by atoms with van der Waals surface area (Å²) in [5.74, 6) is 1.80. The number of hydrogen-bond donors (Lipinski definition) is 1. The molecule has 1 saturated heterocycles. The molecule has 6 heteroatoms. The van der Waals surface area contributed by atoms with Crippen molar-refractivity contribution in [2.24, 2.45) is 5.73 Å². The van der Waals surface area contributed by atoms with Gasteiger partial charge in [0, 0.05) is 36.9 Å². The predicted molar refractivity (Wildman–Crippen MR) is 75.8 cm³/mol. The van der Waals surface area contributed by atoms with Crippen LogP contribution in [-0.2, 0) is 9.84 Å². The summed E-state index contributed by atoms with van der Waals surface area (Å²) >= 11 is 0. The Bertz CT molecular complexity index is 612. The maximum absolute atomic E-state index is 11.6. The summed E-state index contributed by atoms with van der Waals surface area (Å²) in [6.45, 7) is 0. The lowest BCUT2D eigenvalue weighted by atomic mass is 9.83. The lowest BCUT2D eigenvalue weighted by Crippen LogP contribution is -2.48. The number of methoxy groups -OCH3 is 1. The van der Waals surface area contributed by atoms with Crippen LogP contribution in [0.15, 0.2) is 18.2 Å². The van der Waals surface area contributed by atoms with Gasteiger partial charge in [0.05, 0.1) is 18.6 Å². The molecule has 3 rings (SSSR count). The standard InChI is InChI=1S/C14H19NO4S/c1-18-10-2-3-11-12(15)9-14(19-13(11)8-10)4-6-20(16,17)7-5-14/h2-3,8,12H,4-7,9,15H2,1H3. The van der Waals surface area contributed by atoms with Gasteiger partial charge in [-0.2, -0.15) is 0 Å². The number of ether oxygens (including phenoxy) is 2. The van der Waals surface area contributed by atoms with Gasteiger partial charge in [-0.05, 0) is 6.07 Å². The van der Waals surface area contributed by atoms with Gasteiger partial charge in [0.15, 0.2) is 9.84 Å². The van der Waals surface area contributed by atoms with E-state index in [0.29, 0.717) is 19.3 Å². The third kappa shape index (κ3) is 2.38. The van der Waals surface area contributed by atoms with E-state index >= 15 is 0 Å². The average Bonchev–Trinajstić information content (AvgIpc) is 2.42. The first-order valence-corrected chi connectivity index (χ1v) is 8.58. The Balaban J connectivity index is 1.91. The Morgan fingerprint density at radius 1 is 1.35 bits per heavy atom. The lowest BCUT2D eigenvalue weighted by Gasteiger charge is -2.43. The summed E-state index contributed by atoms with van der Waals surface area (Å²) in [6, 6.07) is 5.50. The van der Waals surface area contributed by atoms with Crippen LogP contribution in [0, 0.1) is 0 Å². The molecule has 0 amide bonds. The maximum Gasteiger partial charge on any atom is 0.150 e. The zero-order valence-corrected chi connectivity index (χ0v) is 12.3. The highest BCUT2D eigenvalue weighted by molar-refractivity contribution is 7.91. The van der Waals surface area contributed by atoms with Crippen molar-refractivity contribution in [3.63, 3.8) is 0 Å². The molecule has 2 aliphatic rings. The third-order valence-corrected chi connectivity index (χ3v) is 5.93. The zero-order valence-electron chi connectivity index (χ0n) is 11.5. The minimum atomic E-state index is -2.91. The van der Waals surface area contributed by atoms with E-state index in [1.807, 2.05) is 18.2 Å². The maximum atomic E-state index is 11.6. The molecule has 0 radical (unpaired) electrons. The summed E-state index contributed by atoms with van der Waals surface area (Å²) in [5.41, 5.74) is 6.76. The minimum absolute atomic E-state index is 0.120. The van der Waals surface area contributed by atoms with Crippen molar-refractivity contribution in [1.82, 2.24) is 0 Å². The molecule has 2 aliphatic heterocycles. The van der Waals surface area contributed by atoms with E-state index in [9.17, 15) is 8.42 Å². The fourth-order valence-electron chi connectivity index (χ4n) is 3.04. The third-order valence-electron chi connectivity index (χ3n) is 4.28. The molecule has 5 nitrogen and oxygen atoms in total. The van der Waals surface area contributed by atoms with Crippen molar-refractivity contribution in [1.29, 1.82) is 0 Å². The van der Waals surface area contributed by atoms with Crippen LogP contribution in [0.3, 0.4) is 0 Å². The number of fused-ring (bicyclic) bond motifs is 1. The van der Waals surface area contributed by atoms with Crippen molar-refractivity contribution in [3.05, 3.63) is 23.8 Å². The number of sulfone groups is 1. The molecule has 2 heterocycles. The van der Waals surface area contributed by atoms with Crippen LogP contribution in [0.25, 0.3) is 0 Å². The van der Waals surface area contributed by atoms with Gasteiger partial charge >= 0.3 is 0 Å². The second-order valence-corrected chi connectivity index (χ2v) is 7.95. The molecule has 1 aromatic rings. The number of rotatable bonds is 1. The molecule has 1 unspecified atom stereocenters. The molecule has 110 valence electrons. The highest BCUT2D eigenvalue weighted by Gasteiger charge is 2.44. The molecule has 1 aromatic carbocycles. The molecule has 20 heavy (non-hydrogen) atoms. The summed E-state index contributed by atoms with van der Waals surface area (Å²) in [7, 11) is -1.31. The second-order valence-electron chi connectivity index (χ2n) is 5.65. The van der Waals surface area contributed by atoms with Gasteiger partial charge in [0.2, 0.25) is 0 Å². The molecule has 1 atom stereocenters. The molecule has 0 bridgehead atoms. The first-order valence-electron chi connectivity index (χ1n) is 6.76. The van der Waals surface area contributed by atoms with Crippen molar-refractivity contribution >= 4 is 9.84 Å². The van der Waals surface area contributed by atoms with Crippen molar-refractivity contribution in [3.8, 4) is 11.5 Å². The zero-order chi connectivity index (χ0) is 14.4. The largest absolute Gasteiger partial charge is 0.497 e. The molecule has 0 saturated carbocycles. The Morgan fingerprint density at radius 3 is 2.70 bits per heavy atom. The van der Waals surface area contributed by atoms with Gasteiger partial charge in [0.1, 0.15) is 17.1 Å². The summed E-state index contributed by atoms with van der Waals surface area (Å²) in [4.78, 5) is 0. The Morgan fingerprint density at radius 2 is 2.05 bits per heavy atom. The summed E-state index contributed by atoms with van der Waals surface area (Å²) in [6.07, 6.45) is 1.70. The van der Waals surface area contributed by atoms with E-state index in [4.69, 9.17) is 15.2 Å². The summed E-state index contributed by atoms with van der Waals surface area (Å²) < 4.78 is 34.5. The van der Waals surface area contributed by atoms with Gasteiger partial charge < -0.3 is 15.2 Å². The molecule has 2 N–H and O–H groups in total. The predicted octanol–water partition coefficient (Wildman–Crippen LogP) is 1.42. The van der Waals surface area contributed by atoms with Crippen molar-refractivity contribution in [2.75, 3.05) is 18.6 Å². The van der Waals surface area contributed by atoms with Crippen LogP contribution in [0.1, 0.15) is 30.9 Å². The Labute approximate surface area is 119 Å². The molecule has 0 aromatic heterocycles. The second kappa shape index (κ2) is 4.63. The molecular formula is C14H19NO4S. The fourth-order valence-corrected chi connectivity index (χ4v) is 4.61. The Kier molecular flexibility index (Phi) is 3.17. The number of hydrogen-bond acceptors (Lipinski definition) is 5. The van der Waals surface area contributed by atoms with Gasteiger partial charge in [-0.3, -0.25) is 0 Å². The monoisotopic (exact) mass is 297 g/mol. The van der Waals surface area contributed by atoms with E-state index in [2.05, 4.69) is 0 Å². The van der Waals surface area contributed by atoms with Crippen molar-refractivity contribution < 1.29 is 17.9 Å². The molecular weight excluding hydrogens is 278 g/mol. The number of benzene rings is 1. The van der Waals surface area contributed by atoms with Crippen LogP contribution in [0.4, 0.5) is 0 Å². The fraction of sp³-hybridized carbons (Fsp3) is 0.571. The van der Waals surface area contributed by atoms with Crippen LogP contribution in [-0.4, -0.2) is 32.6 Å². The van der Waals surface area contributed by atoms with Crippen LogP contribution in [0.5, 0.6) is 11.5 Å². The van der Waals surface area contributed by atoms with Crippen LogP contribution >= 0.6 is 0 Å². The normalized spacial score (nSPS) is 26.6. The van der Waals surface area contributed by atoms with Crippen molar-refractivity contribution in [2.45, 2.75) is 30.9 Å². The van der Waals surface area contributed by atoms with Crippen LogP contribution in [0.2, 0.25) is 0 Å². The minimum Gasteiger partial charge on any atom is -0.497 e. The van der Waals surface area contributed by atoms with Gasteiger partial charge in [-0.25, -0.2) is 8.42 Å². The topological polar surface area (TPSA) is 78.6 Å². The highest BCUT2D eigenvalue weighted by atomic mass is 32.2. The summed E-state index contributed by atoms with van der Waals surface area (Å²) in [5, 5.41) is 0. The lowest BCUT2D eigenvalue weighted by molar-refractivity contribution is 0.0262. The van der Waals surface area contributed by atoms with E-state index in [-0.39, 0.29) is 17.5 Å². The smallest absolute Gasteiger partial charge is 0.150 e. The first kappa shape index (κ1) is 13.7. The van der Waals surface area contributed by atoms with E-state index in [1.165, 1.54) is 0 Å². The van der Waals surface area contributed by atoms with Gasteiger partial charge in [-0.15, -0.1) is 0 Å². The highest BCUT2D eigenvalue weighted by Crippen LogP contribution is 2.44.